The molecule has 0 spiro atoms. The summed E-state index contributed by atoms with van der Waals surface area (Å²) in [5.74, 6) is -0.565. The van der Waals surface area contributed by atoms with E-state index in [4.69, 9.17) is 28.4 Å². The third-order valence-electron chi connectivity index (χ3n) is 5.61. The van der Waals surface area contributed by atoms with Crippen LogP contribution in [0.4, 0.5) is 0 Å². The van der Waals surface area contributed by atoms with E-state index >= 15 is 0 Å². The van der Waals surface area contributed by atoms with Gasteiger partial charge in [-0.1, -0.05) is 13.2 Å². The molecule has 0 aliphatic heterocycles. The van der Waals surface area contributed by atoms with Crippen molar-refractivity contribution < 1.29 is 47.6 Å². The third-order valence-corrected chi connectivity index (χ3v) is 5.61. The maximum atomic E-state index is 12.6. The molecule has 10 heteroatoms. The molecule has 0 bridgehead atoms. The molecule has 0 aliphatic rings. The molecule has 43 heavy (non-hydrogen) atoms. The van der Waals surface area contributed by atoms with Gasteiger partial charge in [0.25, 0.3) is 0 Å². The second kappa shape index (κ2) is 15.6. The van der Waals surface area contributed by atoms with Crippen LogP contribution in [0.2, 0.25) is 0 Å². The smallest absolute Gasteiger partial charge is 0.343 e. The first-order valence-electron chi connectivity index (χ1n) is 13.2. The summed E-state index contributed by atoms with van der Waals surface area (Å²) in [5.41, 5.74) is 1.80. The Kier molecular flexibility index (Phi) is 11.6. The predicted molar refractivity (Wildman–Crippen MR) is 157 cm³/mol. The zero-order chi connectivity index (χ0) is 31.4. The van der Waals surface area contributed by atoms with E-state index in [1.807, 2.05) is 0 Å². The fourth-order valence-corrected chi connectivity index (χ4v) is 3.33. The Balaban J connectivity index is 1.47. The van der Waals surface area contributed by atoms with Gasteiger partial charge in [-0.05, 0) is 93.1 Å². The van der Waals surface area contributed by atoms with E-state index < -0.39 is 23.9 Å². The van der Waals surface area contributed by atoms with Crippen molar-refractivity contribution in [3.63, 3.8) is 0 Å². The van der Waals surface area contributed by atoms with Crippen molar-refractivity contribution in [3.05, 3.63) is 108 Å². The molecular formula is C33H32O10. The van der Waals surface area contributed by atoms with E-state index in [0.717, 1.165) is 0 Å². The molecule has 224 valence electrons. The molecule has 0 fully saturated rings. The Labute approximate surface area is 249 Å². The maximum Gasteiger partial charge on any atom is 0.343 e. The number of ether oxygens (including phenoxy) is 6. The number of hydrogen-bond donors (Lipinski definition) is 0. The third kappa shape index (κ3) is 10.2. The molecule has 3 aromatic carbocycles. The van der Waals surface area contributed by atoms with Crippen molar-refractivity contribution in [3.8, 4) is 23.0 Å². The Hall–Kier alpha value is -5.38. The lowest BCUT2D eigenvalue weighted by atomic mass is 10.2. The molecule has 0 radical (unpaired) electrons. The zero-order valence-electron chi connectivity index (χ0n) is 24.2. The minimum Gasteiger partial charge on any atom is -0.490 e. The summed E-state index contributed by atoms with van der Waals surface area (Å²) in [6.45, 7) is 12.3. The lowest BCUT2D eigenvalue weighted by Gasteiger charge is -2.11. The van der Waals surface area contributed by atoms with E-state index in [9.17, 15) is 19.2 Å². The van der Waals surface area contributed by atoms with Crippen LogP contribution in [-0.2, 0) is 19.1 Å². The molecule has 3 aromatic rings. The summed E-state index contributed by atoms with van der Waals surface area (Å²) in [6.07, 6.45) is 0. The standard InChI is InChI=1S/C33H32O10/c1-21(2)30(34)40-18-16-38-26-10-6-24(7-11-26)32(36)42-28-14-15-29(23(5)20-28)43-33(37)25-8-12-27(13-9-25)39-17-19-41-31(35)22(3)4/h6-15,20H,1,3,16-19H2,2,4-5H3. The van der Waals surface area contributed by atoms with Gasteiger partial charge < -0.3 is 28.4 Å². The minimum absolute atomic E-state index is 0.0685. The highest BCUT2D eigenvalue weighted by atomic mass is 16.6. The normalized spacial score (nSPS) is 10.2. The maximum absolute atomic E-state index is 12.6. The van der Waals surface area contributed by atoms with Gasteiger partial charge in [-0.25, -0.2) is 19.2 Å². The van der Waals surface area contributed by atoms with Crippen LogP contribution in [0.15, 0.2) is 91.0 Å². The number of hydrogen-bond acceptors (Lipinski definition) is 10. The van der Waals surface area contributed by atoms with E-state index in [1.165, 1.54) is 12.1 Å². The number of carbonyl (C=O) groups is 4. The fraction of sp³-hybridized carbons (Fsp3) is 0.212. The Morgan fingerprint density at radius 1 is 0.581 bits per heavy atom. The van der Waals surface area contributed by atoms with Crippen LogP contribution in [-0.4, -0.2) is 50.3 Å². The van der Waals surface area contributed by atoms with Crippen molar-refractivity contribution in [2.24, 2.45) is 0 Å². The second-order valence-electron chi connectivity index (χ2n) is 9.28. The highest BCUT2D eigenvalue weighted by molar-refractivity contribution is 5.92. The second-order valence-corrected chi connectivity index (χ2v) is 9.28. The molecule has 3 rings (SSSR count). The number of aryl methyl sites for hydroxylation is 1. The monoisotopic (exact) mass is 588 g/mol. The van der Waals surface area contributed by atoms with Crippen LogP contribution in [0.5, 0.6) is 23.0 Å². The number of rotatable bonds is 14. The van der Waals surface area contributed by atoms with Gasteiger partial charge in [-0.2, -0.15) is 0 Å². The summed E-state index contributed by atoms with van der Waals surface area (Å²) in [4.78, 5) is 48.0. The Morgan fingerprint density at radius 2 is 1.00 bits per heavy atom. The van der Waals surface area contributed by atoms with E-state index in [-0.39, 0.29) is 32.2 Å². The van der Waals surface area contributed by atoms with Crippen molar-refractivity contribution in [1.29, 1.82) is 0 Å². The van der Waals surface area contributed by atoms with Gasteiger partial charge in [-0.15, -0.1) is 0 Å². The van der Waals surface area contributed by atoms with Crippen molar-refractivity contribution in [2.45, 2.75) is 20.8 Å². The zero-order valence-corrected chi connectivity index (χ0v) is 24.2. The van der Waals surface area contributed by atoms with Crippen LogP contribution in [0, 0.1) is 6.92 Å². The van der Waals surface area contributed by atoms with Gasteiger partial charge in [0.15, 0.2) is 0 Å². The van der Waals surface area contributed by atoms with Gasteiger partial charge in [0.05, 0.1) is 11.1 Å². The average molecular weight is 589 g/mol. The van der Waals surface area contributed by atoms with Crippen LogP contribution in [0.3, 0.4) is 0 Å². The molecule has 0 heterocycles. The lowest BCUT2D eigenvalue weighted by molar-refractivity contribution is -0.140. The van der Waals surface area contributed by atoms with Gasteiger partial charge in [0.2, 0.25) is 0 Å². The molecular weight excluding hydrogens is 556 g/mol. The van der Waals surface area contributed by atoms with Gasteiger partial charge >= 0.3 is 23.9 Å². The SMILES string of the molecule is C=C(C)C(=O)OCCOc1ccc(C(=O)Oc2ccc(OC(=O)c3ccc(OCCOC(=O)C(=C)C)cc3)c(C)c2)cc1. The van der Waals surface area contributed by atoms with E-state index in [1.54, 1.807) is 75.4 Å². The average Bonchev–Trinajstić information content (AvgIpc) is 2.99. The Morgan fingerprint density at radius 3 is 1.42 bits per heavy atom. The number of esters is 4. The first-order chi connectivity index (χ1) is 20.5. The summed E-state index contributed by atoms with van der Waals surface area (Å²) in [5, 5.41) is 0. The molecule has 0 aromatic heterocycles. The van der Waals surface area contributed by atoms with E-state index in [2.05, 4.69) is 13.2 Å². The first-order valence-corrected chi connectivity index (χ1v) is 13.2. The van der Waals surface area contributed by atoms with Crippen molar-refractivity contribution in [2.75, 3.05) is 26.4 Å². The molecule has 0 saturated carbocycles. The lowest BCUT2D eigenvalue weighted by Crippen LogP contribution is -2.13. The van der Waals surface area contributed by atoms with E-state index in [0.29, 0.717) is 45.1 Å². The molecule has 0 atom stereocenters. The number of carbonyl (C=O) groups excluding carboxylic acids is 4. The van der Waals surface area contributed by atoms with Gasteiger partial charge in [-0.3, -0.25) is 0 Å². The topological polar surface area (TPSA) is 124 Å². The molecule has 0 saturated heterocycles. The molecule has 0 unspecified atom stereocenters. The molecule has 0 N–H and O–H groups in total. The summed E-state index contributed by atoms with van der Waals surface area (Å²) in [7, 11) is 0. The largest absolute Gasteiger partial charge is 0.490 e. The van der Waals surface area contributed by atoms with Crippen LogP contribution in [0.25, 0.3) is 0 Å². The van der Waals surface area contributed by atoms with Crippen LogP contribution >= 0.6 is 0 Å². The fourth-order valence-electron chi connectivity index (χ4n) is 3.33. The summed E-state index contributed by atoms with van der Waals surface area (Å²) in [6, 6.07) is 17.3. The Bertz CT molecular complexity index is 1490. The van der Waals surface area contributed by atoms with Crippen LogP contribution in [0.1, 0.15) is 40.1 Å². The quantitative estimate of drug-likeness (QED) is 0.104. The highest BCUT2D eigenvalue weighted by Crippen LogP contribution is 2.25. The summed E-state index contributed by atoms with van der Waals surface area (Å²) < 4.78 is 31.9. The highest BCUT2D eigenvalue weighted by Gasteiger charge is 2.14. The molecule has 0 aliphatic carbocycles. The van der Waals surface area contributed by atoms with Crippen LogP contribution < -0.4 is 18.9 Å². The summed E-state index contributed by atoms with van der Waals surface area (Å²) >= 11 is 0. The molecule has 0 amide bonds. The first kappa shape index (κ1) is 32.1. The predicted octanol–water partition coefficient (Wildman–Crippen LogP) is 5.43. The van der Waals surface area contributed by atoms with Gasteiger partial charge in [0, 0.05) is 11.1 Å². The number of benzene rings is 3. The van der Waals surface area contributed by atoms with Crippen molar-refractivity contribution in [1.82, 2.24) is 0 Å². The van der Waals surface area contributed by atoms with Crippen molar-refractivity contribution >= 4 is 23.9 Å². The minimum atomic E-state index is -0.581. The van der Waals surface area contributed by atoms with Gasteiger partial charge in [0.1, 0.15) is 49.4 Å². The molecule has 10 nitrogen and oxygen atoms in total.